The van der Waals surface area contributed by atoms with Gasteiger partial charge in [-0.05, 0) is 26.2 Å². The number of nitrogens with one attached hydrogen (secondary N) is 2. The first kappa shape index (κ1) is 12.8. The zero-order valence-corrected chi connectivity index (χ0v) is 10.9. The van der Waals surface area contributed by atoms with Gasteiger partial charge in [0.2, 0.25) is 5.91 Å². The second-order valence-electron chi connectivity index (χ2n) is 5.26. The van der Waals surface area contributed by atoms with Crippen LogP contribution in [0.25, 0.3) is 0 Å². The van der Waals surface area contributed by atoms with Crippen molar-refractivity contribution in [3.05, 3.63) is 0 Å². The number of rotatable bonds is 6. The molecule has 0 bridgehead atoms. The summed E-state index contributed by atoms with van der Waals surface area (Å²) in [7, 11) is 0. The van der Waals surface area contributed by atoms with Gasteiger partial charge in [-0.2, -0.15) is 0 Å². The Hall–Kier alpha value is -0.610. The smallest absolute Gasteiger partial charge is 0.216 e. The van der Waals surface area contributed by atoms with Crippen molar-refractivity contribution in [1.82, 2.24) is 10.6 Å². The van der Waals surface area contributed by atoms with Crippen molar-refractivity contribution in [2.75, 3.05) is 19.7 Å². The molecule has 1 amide bonds. The highest BCUT2D eigenvalue weighted by Gasteiger charge is 2.58. The van der Waals surface area contributed by atoms with Gasteiger partial charge in [0, 0.05) is 38.1 Å². The lowest BCUT2D eigenvalue weighted by Crippen LogP contribution is -2.67. The van der Waals surface area contributed by atoms with E-state index in [9.17, 15) is 4.79 Å². The maximum absolute atomic E-state index is 10.7. The maximum atomic E-state index is 10.7. The van der Waals surface area contributed by atoms with E-state index in [0.717, 1.165) is 26.1 Å². The fourth-order valence-corrected chi connectivity index (χ4v) is 3.21. The van der Waals surface area contributed by atoms with E-state index in [1.807, 2.05) is 0 Å². The van der Waals surface area contributed by atoms with Crippen LogP contribution in [0.1, 0.15) is 39.5 Å². The van der Waals surface area contributed by atoms with E-state index in [2.05, 4.69) is 17.6 Å². The van der Waals surface area contributed by atoms with Crippen molar-refractivity contribution in [2.24, 2.45) is 5.41 Å². The quantitative estimate of drug-likeness (QED) is 0.683. The summed E-state index contributed by atoms with van der Waals surface area (Å²) >= 11 is 0. The fraction of sp³-hybridized carbons (Fsp3) is 0.923. The predicted molar refractivity (Wildman–Crippen MR) is 66.8 cm³/mol. The summed E-state index contributed by atoms with van der Waals surface area (Å²) in [5, 5.41) is 6.38. The monoisotopic (exact) mass is 240 g/mol. The van der Waals surface area contributed by atoms with Crippen LogP contribution in [0.2, 0.25) is 0 Å². The van der Waals surface area contributed by atoms with Gasteiger partial charge in [0.05, 0.1) is 6.10 Å². The summed E-state index contributed by atoms with van der Waals surface area (Å²) in [5.41, 5.74) is 0.423. The van der Waals surface area contributed by atoms with Crippen LogP contribution in [-0.4, -0.2) is 37.7 Å². The molecular formula is C13H24N2O2. The van der Waals surface area contributed by atoms with Gasteiger partial charge in [0.1, 0.15) is 0 Å². The van der Waals surface area contributed by atoms with Gasteiger partial charge in [0.25, 0.3) is 0 Å². The molecule has 1 spiro atoms. The van der Waals surface area contributed by atoms with Gasteiger partial charge in [-0.25, -0.2) is 0 Å². The van der Waals surface area contributed by atoms with Crippen LogP contribution in [0.5, 0.6) is 0 Å². The molecule has 2 saturated carbocycles. The SMILES string of the molecule is CCOC1CC(NCCNC(C)=O)C12CCC2. The molecule has 0 aromatic rings. The average Bonchev–Trinajstić information content (AvgIpc) is 2.18. The van der Waals surface area contributed by atoms with Gasteiger partial charge in [-0.1, -0.05) is 6.42 Å². The summed E-state index contributed by atoms with van der Waals surface area (Å²) in [4.78, 5) is 10.7. The molecule has 4 heteroatoms. The molecule has 2 unspecified atom stereocenters. The van der Waals surface area contributed by atoms with E-state index in [4.69, 9.17) is 4.74 Å². The van der Waals surface area contributed by atoms with E-state index < -0.39 is 0 Å². The first-order valence-electron chi connectivity index (χ1n) is 6.78. The summed E-state index contributed by atoms with van der Waals surface area (Å²) < 4.78 is 5.80. The van der Waals surface area contributed by atoms with E-state index in [1.165, 1.54) is 19.3 Å². The highest BCUT2D eigenvalue weighted by atomic mass is 16.5. The Morgan fingerprint density at radius 2 is 2.18 bits per heavy atom. The van der Waals surface area contributed by atoms with E-state index in [0.29, 0.717) is 17.6 Å². The number of hydrogen-bond acceptors (Lipinski definition) is 3. The number of carbonyl (C=O) groups excluding carboxylic acids is 1. The molecule has 0 radical (unpaired) electrons. The Bertz CT molecular complexity index is 277. The number of hydrogen-bond donors (Lipinski definition) is 2. The van der Waals surface area contributed by atoms with E-state index in [1.54, 1.807) is 6.92 Å². The van der Waals surface area contributed by atoms with Gasteiger partial charge in [0.15, 0.2) is 0 Å². The van der Waals surface area contributed by atoms with E-state index in [-0.39, 0.29) is 5.91 Å². The van der Waals surface area contributed by atoms with Crippen LogP contribution < -0.4 is 10.6 Å². The third kappa shape index (κ3) is 2.47. The third-order valence-corrected chi connectivity index (χ3v) is 4.33. The lowest BCUT2D eigenvalue weighted by Gasteiger charge is -2.61. The first-order chi connectivity index (χ1) is 8.19. The van der Waals surface area contributed by atoms with Crippen molar-refractivity contribution >= 4 is 5.91 Å². The van der Waals surface area contributed by atoms with E-state index >= 15 is 0 Å². The minimum atomic E-state index is 0.0472. The first-order valence-corrected chi connectivity index (χ1v) is 6.78. The Balaban J connectivity index is 1.70. The molecule has 0 heterocycles. The lowest BCUT2D eigenvalue weighted by atomic mass is 9.51. The molecular weight excluding hydrogens is 216 g/mol. The Labute approximate surface area is 103 Å². The molecule has 2 atom stereocenters. The topological polar surface area (TPSA) is 50.4 Å². The highest BCUT2D eigenvalue weighted by molar-refractivity contribution is 5.72. The molecule has 2 aliphatic carbocycles. The summed E-state index contributed by atoms with van der Waals surface area (Å²) in [5.74, 6) is 0.0472. The second-order valence-corrected chi connectivity index (χ2v) is 5.26. The Morgan fingerprint density at radius 1 is 1.41 bits per heavy atom. The van der Waals surface area contributed by atoms with Crippen LogP contribution in [0.15, 0.2) is 0 Å². The molecule has 2 N–H and O–H groups in total. The number of amides is 1. The standard InChI is InChI=1S/C13H24N2O2/c1-3-17-12-9-11(13(12)5-4-6-13)15-8-7-14-10(2)16/h11-12,15H,3-9H2,1-2H3,(H,14,16). The van der Waals surface area contributed by atoms with Crippen LogP contribution in [0.3, 0.4) is 0 Å². The predicted octanol–water partition coefficient (Wildman–Crippen LogP) is 1.06. The normalized spacial score (nSPS) is 29.5. The molecule has 2 rings (SSSR count). The van der Waals surface area contributed by atoms with Gasteiger partial charge in [-0.15, -0.1) is 0 Å². The molecule has 2 aliphatic rings. The Kier molecular flexibility index (Phi) is 4.05. The van der Waals surface area contributed by atoms with Crippen LogP contribution in [0.4, 0.5) is 0 Å². The summed E-state index contributed by atoms with van der Waals surface area (Å²) in [6.45, 7) is 6.04. The molecule has 0 saturated heterocycles. The molecule has 17 heavy (non-hydrogen) atoms. The lowest BCUT2D eigenvalue weighted by molar-refractivity contribution is -0.172. The zero-order valence-electron chi connectivity index (χ0n) is 10.9. The maximum Gasteiger partial charge on any atom is 0.216 e. The Morgan fingerprint density at radius 3 is 2.71 bits per heavy atom. The highest BCUT2D eigenvalue weighted by Crippen LogP contribution is 2.57. The van der Waals surface area contributed by atoms with Crippen molar-refractivity contribution in [3.8, 4) is 0 Å². The summed E-state index contributed by atoms with van der Waals surface area (Å²) in [6.07, 6.45) is 5.55. The van der Waals surface area contributed by atoms with Crippen molar-refractivity contribution in [2.45, 2.75) is 51.7 Å². The molecule has 2 fully saturated rings. The third-order valence-electron chi connectivity index (χ3n) is 4.33. The van der Waals surface area contributed by atoms with Crippen molar-refractivity contribution in [1.29, 1.82) is 0 Å². The second kappa shape index (κ2) is 5.36. The van der Waals surface area contributed by atoms with Gasteiger partial charge in [-0.3, -0.25) is 4.79 Å². The van der Waals surface area contributed by atoms with Gasteiger partial charge < -0.3 is 15.4 Å². The minimum absolute atomic E-state index is 0.0472. The van der Waals surface area contributed by atoms with Crippen molar-refractivity contribution in [3.63, 3.8) is 0 Å². The van der Waals surface area contributed by atoms with Gasteiger partial charge >= 0.3 is 0 Å². The number of carbonyl (C=O) groups is 1. The molecule has 0 aromatic heterocycles. The van der Waals surface area contributed by atoms with Crippen LogP contribution in [-0.2, 0) is 9.53 Å². The minimum Gasteiger partial charge on any atom is -0.378 e. The molecule has 98 valence electrons. The van der Waals surface area contributed by atoms with Crippen LogP contribution >= 0.6 is 0 Å². The summed E-state index contributed by atoms with van der Waals surface area (Å²) in [6, 6.07) is 0.599. The average molecular weight is 240 g/mol. The molecule has 0 aromatic carbocycles. The van der Waals surface area contributed by atoms with Crippen molar-refractivity contribution < 1.29 is 9.53 Å². The molecule has 0 aliphatic heterocycles. The number of ether oxygens (including phenoxy) is 1. The fourth-order valence-electron chi connectivity index (χ4n) is 3.21. The largest absolute Gasteiger partial charge is 0.378 e. The molecule has 4 nitrogen and oxygen atoms in total. The van der Waals surface area contributed by atoms with Crippen LogP contribution in [0, 0.1) is 5.41 Å². The zero-order chi connectivity index (χ0) is 12.3.